The van der Waals surface area contributed by atoms with E-state index >= 15 is 0 Å². The minimum absolute atomic E-state index is 0.0450. The van der Waals surface area contributed by atoms with Crippen LogP contribution in [0.2, 0.25) is 0 Å². The van der Waals surface area contributed by atoms with Crippen LogP contribution in [0.3, 0.4) is 0 Å². The average molecular weight is 295 g/mol. The molecule has 2 heterocycles. The zero-order valence-corrected chi connectivity index (χ0v) is 13.5. The lowest BCUT2D eigenvalue weighted by Gasteiger charge is -2.26. The van der Waals surface area contributed by atoms with Crippen LogP contribution < -0.4 is 4.90 Å². The molecular formula is C14H21N3O2S. The van der Waals surface area contributed by atoms with Gasteiger partial charge < -0.3 is 0 Å². The van der Waals surface area contributed by atoms with Crippen molar-refractivity contribution in [3.63, 3.8) is 0 Å². The fourth-order valence-electron chi connectivity index (χ4n) is 2.38. The third kappa shape index (κ3) is 3.06. The van der Waals surface area contributed by atoms with E-state index in [1.165, 1.54) is 11.8 Å². The summed E-state index contributed by atoms with van der Waals surface area (Å²) >= 11 is 1.25. The zero-order valence-electron chi connectivity index (χ0n) is 12.6. The van der Waals surface area contributed by atoms with Gasteiger partial charge in [0, 0.05) is 31.2 Å². The Morgan fingerprint density at radius 3 is 2.65 bits per heavy atom. The quantitative estimate of drug-likeness (QED) is 0.840. The first-order chi connectivity index (χ1) is 9.18. The molecule has 1 aliphatic rings. The van der Waals surface area contributed by atoms with Crippen molar-refractivity contribution in [2.45, 2.75) is 51.8 Å². The lowest BCUT2D eigenvalue weighted by Crippen LogP contribution is -2.32. The molecule has 2 rings (SSSR count). The van der Waals surface area contributed by atoms with Crippen LogP contribution in [0.4, 0.5) is 5.82 Å². The summed E-state index contributed by atoms with van der Waals surface area (Å²) < 4.78 is 1.89. The number of nitrogens with zero attached hydrogens (tertiary/aromatic N) is 3. The van der Waals surface area contributed by atoms with Crippen molar-refractivity contribution in [3.05, 3.63) is 11.8 Å². The molecule has 0 spiro atoms. The van der Waals surface area contributed by atoms with Gasteiger partial charge in [0.25, 0.3) is 0 Å². The molecule has 0 N–H and O–H groups in total. The Bertz CT molecular complexity index is 545. The lowest BCUT2D eigenvalue weighted by atomic mass is 10.1. The summed E-state index contributed by atoms with van der Waals surface area (Å²) in [6.45, 7) is 10.2. The molecule has 110 valence electrons. The van der Waals surface area contributed by atoms with Crippen LogP contribution in [-0.4, -0.2) is 32.6 Å². The summed E-state index contributed by atoms with van der Waals surface area (Å²) in [6, 6.07) is 1.93. The highest BCUT2D eigenvalue weighted by molar-refractivity contribution is 8.14. The van der Waals surface area contributed by atoms with E-state index in [0.717, 1.165) is 11.5 Å². The van der Waals surface area contributed by atoms with Crippen LogP contribution in [0.25, 0.3) is 0 Å². The Kier molecular flexibility index (Phi) is 3.95. The highest BCUT2D eigenvalue weighted by atomic mass is 32.2. The third-order valence-electron chi connectivity index (χ3n) is 3.15. The average Bonchev–Trinajstić information content (AvgIpc) is 2.80. The molecule has 0 saturated carbocycles. The molecule has 1 atom stereocenters. The van der Waals surface area contributed by atoms with Gasteiger partial charge >= 0.3 is 0 Å². The fourth-order valence-corrected chi connectivity index (χ4v) is 3.30. The number of amides is 1. The second kappa shape index (κ2) is 5.24. The summed E-state index contributed by atoms with van der Waals surface area (Å²) in [5.41, 5.74) is 0.709. The third-order valence-corrected chi connectivity index (χ3v) is 4.13. The van der Waals surface area contributed by atoms with Crippen molar-refractivity contribution in [3.8, 4) is 0 Å². The molecule has 1 aliphatic heterocycles. The first-order valence-electron chi connectivity index (χ1n) is 6.73. The van der Waals surface area contributed by atoms with E-state index in [2.05, 4.69) is 25.9 Å². The SMILES string of the molecule is CC(=O)SC1CC(=O)N(c2cc(C)nn2C(C)(C)C)C1. The molecule has 20 heavy (non-hydrogen) atoms. The summed E-state index contributed by atoms with van der Waals surface area (Å²) in [5, 5.41) is 4.60. The summed E-state index contributed by atoms with van der Waals surface area (Å²) in [5.74, 6) is 0.890. The molecule has 1 amide bonds. The first kappa shape index (κ1) is 15.1. The number of hydrogen-bond donors (Lipinski definition) is 0. The molecule has 6 heteroatoms. The lowest BCUT2D eigenvalue weighted by molar-refractivity contribution is -0.117. The number of carbonyl (C=O) groups is 2. The van der Waals surface area contributed by atoms with E-state index in [-0.39, 0.29) is 21.8 Å². The van der Waals surface area contributed by atoms with E-state index in [0.29, 0.717) is 13.0 Å². The number of aryl methyl sites for hydroxylation is 1. The molecule has 5 nitrogen and oxygen atoms in total. The standard InChI is InChI=1S/C14H21N3O2S/c1-9-6-12(17(15-9)14(3,4)5)16-8-11(7-13(16)19)20-10(2)18/h6,11H,7-8H2,1-5H3. The molecule has 1 fully saturated rings. The molecule has 0 aliphatic carbocycles. The van der Waals surface area contributed by atoms with Crippen molar-refractivity contribution in [2.75, 3.05) is 11.4 Å². The van der Waals surface area contributed by atoms with Crippen molar-refractivity contribution < 1.29 is 9.59 Å². The van der Waals surface area contributed by atoms with Crippen molar-refractivity contribution in [1.29, 1.82) is 0 Å². The number of carbonyl (C=O) groups excluding carboxylic acids is 2. The highest BCUT2D eigenvalue weighted by Crippen LogP contribution is 2.31. The number of thioether (sulfide) groups is 1. The maximum Gasteiger partial charge on any atom is 0.229 e. The molecule has 1 unspecified atom stereocenters. The van der Waals surface area contributed by atoms with E-state index in [9.17, 15) is 9.59 Å². The molecular weight excluding hydrogens is 274 g/mol. The van der Waals surface area contributed by atoms with E-state index in [1.807, 2.05) is 17.7 Å². The Morgan fingerprint density at radius 2 is 2.10 bits per heavy atom. The monoisotopic (exact) mass is 295 g/mol. The van der Waals surface area contributed by atoms with Crippen molar-refractivity contribution in [1.82, 2.24) is 9.78 Å². The van der Waals surface area contributed by atoms with E-state index in [1.54, 1.807) is 11.8 Å². The topological polar surface area (TPSA) is 55.2 Å². The van der Waals surface area contributed by atoms with Gasteiger partial charge in [-0.05, 0) is 27.7 Å². The Morgan fingerprint density at radius 1 is 1.45 bits per heavy atom. The summed E-state index contributed by atoms with van der Waals surface area (Å²) in [4.78, 5) is 25.2. The fraction of sp³-hybridized carbons (Fsp3) is 0.643. The number of aromatic nitrogens is 2. The summed E-state index contributed by atoms with van der Waals surface area (Å²) in [6.07, 6.45) is 0.415. The number of anilines is 1. The van der Waals surface area contributed by atoms with Crippen LogP contribution in [0, 0.1) is 6.92 Å². The molecule has 1 saturated heterocycles. The van der Waals surface area contributed by atoms with Gasteiger partial charge in [-0.2, -0.15) is 5.10 Å². The van der Waals surface area contributed by atoms with Crippen LogP contribution in [0.1, 0.15) is 39.8 Å². The van der Waals surface area contributed by atoms with Gasteiger partial charge in [-0.3, -0.25) is 14.5 Å². The predicted molar refractivity (Wildman–Crippen MR) is 81.0 cm³/mol. The predicted octanol–water partition coefficient (Wildman–Crippen LogP) is 2.33. The second-order valence-electron chi connectivity index (χ2n) is 6.17. The molecule has 0 radical (unpaired) electrons. The van der Waals surface area contributed by atoms with Crippen molar-refractivity contribution >= 4 is 28.6 Å². The van der Waals surface area contributed by atoms with Gasteiger partial charge in [0.15, 0.2) is 5.12 Å². The Balaban J connectivity index is 2.29. The van der Waals surface area contributed by atoms with Crippen molar-refractivity contribution in [2.24, 2.45) is 0 Å². The van der Waals surface area contributed by atoms with Gasteiger partial charge in [0.2, 0.25) is 5.91 Å². The smallest absolute Gasteiger partial charge is 0.229 e. The normalized spacial score (nSPS) is 19.8. The Labute approximate surface area is 123 Å². The van der Waals surface area contributed by atoms with E-state index < -0.39 is 0 Å². The minimum Gasteiger partial charge on any atom is -0.296 e. The van der Waals surface area contributed by atoms with Gasteiger partial charge in [-0.1, -0.05) is 11.8 Å². The van der Waals surface area contributed by atoms with Crippen LogP contribution >= 0.6 is 11.8 Å². The van der Waals surface area contributed by atoms with Crippen LogP contribution in [0.15, 0.2) is 6.07 Å². The summed E-state index contributed by atoms with van der Waals surface area (Å²) in [7, 11) is 0. The first-order valence-corrected chi connectivity index (χ1v) is 7.61. The molecule has 0 bridgehead atoms. The minimum atomic E-state index is -0.185. The number of hydrogen-bond acceptors (Lipinski definition) is 4. The second-order valence-corrected chi connectivity index (χ2v) is 7.64. The largest absolute Gasteiger partial charge is 0.296 e. The molecule has 1 aromatic heterocycles. The van der Waals surface area contributed by atoms with Crippen LogP contribution in [-0.2, 0) is 15.1 Å². The Hall–Kier alpha value is -1.30. The van der Waals surface area contributed by atoms with E-state index in [4.69, 9.17) is 0 Å². The zero-order chi connectivity index (χ0) is 15.1. The molecule has 0 aromatic carbocycles. The van der Waals surface area contributed by atoms with Gasteiger partial charge in [-0.25, -0.2) is 4.68 Å². The number of rotatable bonds is 2. The molecule has 1 aromatic rings. The van der Waals surface area contributed by atoms with Crippen LogP contribution in [0.5, 0.6) is 0 Å². The van der Waals surface area contributed by atoms with Gasteiger partial charge in [0.1, 0.15) is 5.82 Å². The maximum atomic E-state index is 12.2. The maximum absolute atomic E-state index is 12.2. The van der Waals surface area contributed by atoms with Gasteiger partial charge in [0.05, 0.1) is 11.2 Å². The van der Waals surface area contributed by atoms with Gasteiger partial charge in [-0.15, -0.1) is 0 Å². The highest BCUT2D eigenvalue weighted by Gasteiger charge is 2.35.